The number of likely N-dealkylation sites (N-methyl/N-ethyl adjacent to an activating group) is 1. The average molecular weight is 269 g/mol. The maximum Gasteiger partial charge on any atom is 0.127 e. The molecule has 100 valence electrons. The summed E-state index contributed by atoms with van der Waals surface area (Å²) in [6.45, 7) is 4.73. The topological polar surface area (TPSA) is 24.5 Å². The average Bonchev–Trinajstić information content (AvgIpc) is 2.76. The zero-order valence-corrected chi connectivity index (χ0v) is 12.0. The van der Waals surface area contributed by atoms with E-state index >= 15 is 0 Å². The summed E-state index contributed by atoms with van der Waals surface area (Å²) in [5.41, 5.74) is 2.40. The van der Waals surface area contributed by atoms with Crippen LogP contribution in [-0.4, -0.2) is 38.2 Å². The third kappa shape index (κ3) is 3.16. The second kappa shape index (κ2) is 5.91. The number of nitrogens with one attached hydrogen (secondary N) is 1. The molecule has 1 unspecified atom stereocenters. The third-order valence-corrected chi connectivity index (χ3v) is 3.68. The number of hydrogen-bond acceptors (Lipinski definition) is 3. The summed E-state index contributed by atoms with van der Waals surface area (Å²) in [4.78, 5) is 2.20. The minimum absolute atomic E-state index is 0.512. The Morgan fingerprint density at radius 3 is 2.94 bits per heavy atom. The van der Waals surface area contributed by atoms with Crippen LogP contribution in [0.3, 0.4) is 0 Å². The first kappa shape index (κ1) is 13.7. The molecule has 1 heterocycles. The van der Waals surface area contributed by atoms with Crippen LogP contribution in [-0.2, 0) is 13.0 Å². The van der Waals surface area contributed by atoms with Crippen molar-refractivity contribution in [3.63, 3.8) is 0 Å². The molecule has 0 amide bonds. The Bertz CT molecular complexity index is 421. The number of nitrogens with zero attached hydrogens (tertiary/aromatic N) is 1. The Labute approximate surface area is 114 Å². The minimum Gasteiger partial charge on any atom is -0.493 e. The SMILES string of the molecule is CC(CNCc1cc(Cl)cc2c1OCC2)N(C)C. The molecule has 1 aromatic rings. The second-order valence-electron chi connectivity index (χ2n) is 5.10. The standard InChI is InChI=1S/C14H21ClN2O/c1-10(17(2)3)8-16-9-12-7-13(15)6-11-4-5-18-14(11)12/h6-7,10,16H,4-5,8-9H2,1-3H3. The van der Waals surface area contributed by atoms with Gasteiger partial charge in [0.15, 0.2) is 0 Å². The lowest BCUT2D eigenvalue weighted by Gasteiger charge is -2.20. The molecular weight excluding hydrogens is 248 g/mol. The fourth-order valence-electron chi connectivity index (χ4n) is 2.08. The molecule has 18 heavy (non-hydrogen) atoms. The molecule has 1 atom stereocenters. The Morgan fingerprint density at radius 1 is 1.44 bits per heavy atom. The van der Waals surface area contributed by atoms with E-state index in [1.807, 2.05) is 12.1 Å². The van der Waals surface area contributed by atoms with Gasteiger partial charge in [-0.3, -0.25) is 0 Å². The molecule has 2 rings (SSSR count). The number of benzene rings is 1. The van der Waals surface area contributed by atoms with Crippen LogP contribution in [0.2, 0.25) is 5.02 Å². The van der Waals surface area contributed by atoms with E-state index in [1.165, 1.54) is 11.1 Å². The van der Waals surface area contributed by atoms with Crippen molar-refractivity contribution in [3.05, 3.63) is 28.3 Å². The first-order valence-electron chi connectivity index (χ1n) is 6.39. The predicted molar refractivity (Wildman–Crippen MR) is 75.5 cm³/mol. The van der Waals surface area contributed by atoms with Gasteiger partial charge in [0, 0.05) is 36.1 Å². The van der Waals surface area contributed by atoms with Crippen molar-refractivity contribution in [2.45, 2.75) is 25.9 Å². The highest BCUT2D eigenvalue weighted by atomic mass is 35.5. The first-order chi connectivity index (χ1) is 8.58. The molecule has 0 fully saturated rings. The van der Waals surface area contributed by atoms with E-state index in [0.717, 1.165) is 36.9 Å². The van der Waals surface area contributed by atoms with Crippen molar-refractivity contribution in [1.29, 1.82) is 0 Å². The molecule has 3 nitrogen and oxygen atoms in total. The van der Waals surface area contributed by atoms with Crippen LogP contribution in [0.5, 0.6) is 5.75 Å². The summed E-state index contributed by atoms with van der Waals surface area (Å²) in [5.74, 6) is 1.03. The molecule has 1 N–H and O–H groups in total. The largest absolute Gasteiger partial charge is 0.493 e. The highest BCUT2D eigenvalue weighted by molar-refractivity contribution is 6.30. The number of rotatable bonds is 5. The highest BCUT2D eigenvalue weighted by Crippen LogP contribution is 2.32. The monoisotopic (exact) mass is 268 g/mol. The summed E-state index contributed by atoms with van der Waals surface area (Å²) >= 11 is 6.13. The lowest BCUT2D eigenvalue weighted by Crippen LogP contribution is -2.35. The van der Waals surface area contributed by atoms with Crippen molar-refractivity contribution in [2.24, 2.45) is 0 Å². The number of halogens is 1. The van der Waals surface area contributed by atoms with Gasteiger partial charge in [0.2, 0.25) is 0 Å². The number of fused-ring (bicyclic) bond motifs is 1. The van der Waals surface area contributed by atoms with Crippen LogP contribution >= 0.6 is 11.6 Å². The van der Waals surface area contributed by atoms with E-state index in [0.29, 0.717) is 6.04 Å². The Balaban J connectivity index is 1.98. The molecule has 0 saturated carbocycles. The van der Waals surface area contributed by atoms with Crippen LogP contribution in [0.1, 0.15) is 18.1 Å². The summed E-state index contributed by atoms with van der Waals surface area (Å²) in [5, 5.41) is 4.26. The summed E-state index contributed by atoms with van der Waals surface area (Å²) in [7, 11) is 4.18. The fraction of sp³-hybridized carbons (Fsp3) is 0.571. The Hall–Kier alpha value is -0.770. The van der Waals surface area contributed by atoms with Gasteiger partial charge in [0.1, 0.15) is 5.75 Å². The molecule has 0 radical (unpaired) electrons. The van der Waals surface area contributed by atoms with Gasteiger partial charge >= 0.3 is 0 Å². The van der Waals surface area contributed by atoms with Crippen LogP contribution in [0, 0.1) is 0 Å². The Morgan fingerprint density at radius 2 is 2.22 bits per heavy atom. The van der Waals surface area contributed by atoms with Crippen molar-refractivity contribution in [2.75, 3.05) is 27.2 Å². The van der Waals surface area contributed by atoms with Crippen molar-refractivity contribution in [3.8, 4) is 5.75 Å². The smallest absolute Gasteiger partial charge is 0.127 e. The molecule has 4 heteroatoms. The quantitative estimate of drug-likeness (QED) is 0.887. The zero-order valence-electron chi connectivity index (χ0n) is 11.3. The second-order valence-corrected chi connectivity index (χ2v) is 5.53. The molecule has 1 aliphatic rings. The van der Waals surface area contributed by atoms with Crippen LogP contribution in [0.15, 0.2) is 12.1 Å². The van der Waals surface area contributed by atoms with Crippen molar-refractivity contribution < 1.29 is 4.74 Å². The van der Waals surface area contributed by atoms with E-state index in [4.69, 9.17) is 16.3 Å². The van der Waals surface area contributed by atoms with E-state index in [9.17, 15) is 0 Å². The highest BCUT2D eigenvalue weighted by Gasteiger charge is 2.17. The maximum atomic E-state index is 6.13. The lowest BCUT2D eigenvalue weighted by molar-refractivity contribution is 0.301. The van der Waals surface area contributed by atoms with Gasteiger partial charge in [0.05, 0.1) is 6.61 Å². The van der Waals surface area contributed by atoms with Gasteiger partial charge in [-0.2, -0.15) is 0 Å². The minimum atomic E-state index is 0.512. The van der Waals surface area contributed by atoms with Crippen LogP contribution < -0.4 is 10.1 Å². The number of ether oxygens (including phenoxy) is 1. The van der Waals surface area contributed by atoms with E-state index in [1.54, 1.807) is 0 Å². The molecular formula is C14H21ClN2O. The third-order valence-electron chi connectivity index (χ3n) is 3.46. The normalized spacial score (nSPS) is 15.6. The molecule has 0 spiro atoms. The predicted octanol–water partition coefficient (Wildman–Crippen LogP) is 2.31. The molecule has 1 aliphatic heterocycles. The van der Waals surface area contributed by atoms with Gasteiger partial charge in [-0.05, 0) is 38.7 Å². The molecule has 0 aliphatic carbocycles. The van der Waals surface area contributed by atoms with Crippen LogP contribution in [0.4, 0.5) is 0 Å². The number of hydrogen-bond donors (Lipinski definition) is 1. The van der Waals surface area contributed by atoms with Gasteiger partial charge in [-0.1, -0.05) is 11.6 Å². The van der Waals surface area contributed by atoms with E-state index in [2.05, 4.69) is 31.2 Å². The Kier molecular flexibility index (Phi) is 4.49. The van der Waals surface area contributed by atoms with E-state index < -0.39 is 0 Å². The van der Waals surface area contributed by atoms with Crippen molar-refractivity contribution in [1.82, 2.24) is 10.2 Å². The van der Waals surface area contributed by atoms with Crippen molar-refractivity contribution >= 4 is 11.6 Å². The van der Waals surface area contributed by atoms with Gasteiger partial charge in [-0.25, -0.2) is 0 Å². The molecule has 1 aromatic carbocycles. The fourth-order valence-corrected chi connectivity index (χ4v) is 2.34. The molecule has 0 bridgehead atoms. The first-order valence-corrected chi connectivity index (χ1v) is 6.77. The summed E-state index contributed by atoms with van der Waals surface area (Å²) in [6.07, 6.45) is 0.969. The van der Waals surface area contributed by atoms with Gasteiger partial charge < -0.3 is 15.0 Å². The summed E-state index contributed by atoms with van der Waals surface area (Å²) in [6, 6.07) is 4.52. The molecule has 0 aromatic heterocycles. The van der Waals surface area contributed by atoms with Crippen LogP contribution in [0.25, 0.3) is 0 Å². The van der Waals surface area contributed by atoms with E-state index in [-0.39, 0.29) is 0 Å². The van der Waals surface area contributed by atoms with Gasteiger partial charge in [0.25, 0.3) is 0 Å². The van der Waals surface area contributed by atoms with Gasteiger partial charge in [-0.15, -0.1) is 0 Å². The zero-order chi connectivity index (χ0) is 13.1. The summed E-state index contributed by atoms with van der Waals surface area (Å²) < 4.78 is 5.68. The molecule has 0 saturated heterocycles. The lowest BCUT2D eigenvalue weighted by atomic mass is 10.1. The maximum absolute atomic E-state index is 6.13.